The normalized spacial score (nSPS) is 17.1. The largest absolute Gasteiger partial charge is 0.378 e. The number of rotatable bonds is 3. The van der Waals surface area contributed by atoms with Crippen molar-refractivity contribution >= 4 is 27.5 Å². The van der Waals surface area contributed by atoms with Crippen molar-refractivity contribution in [2.24, 2.45) is 0 Å². The number of halogens is 1. The highest BCUT2D eigenvalue weighted by molar-refractivity contribution is 9.10. The summed E-state index contributed by atoms with van der Waals surface area (Å²) in [5, 5.41) is 3.25. The molecule has 5 heteroatoms. The minimum atomic E-state index is -0.223. The first-order chi connectivity index (χ1) is 9.08. The van der Waals surface area contributed by atoms with Crippen LogP contribution in [0.1, 0.15) is 12.5 Å². The lowest BCUT2D eigenvalue weighted by molar-refractivity contribution is -0.135. The van der Waals surface area contributed by atoms with Gasteiger partial charge in [0.05, 0.1) is 13.2 Å². The number of hydrogen-bond acceptors (Lipinski definition) is 3. The molecule has 104 valence electrons. The van der Waals surface area contributed by atoms with E-state index in [0.29, 0.717) is 26.3 Å². The molecule has 1 heterocycles. The quantitative estimate of drug-likeness (QED) is 0.927. The number of benzene rings is 1. The maximum atomic E-state index is 12.3. The smallest absolute Gasteiger partial charge is 0.244 e. The molecule has 1 fully saturated rings. The van der Waals surface area contributed by atoms with Crippen molar-refractivity contribution in [1.82, 2.24) is 4.90 Å². The second-order valence-electron chi connectivity index (χ2n) is 4.77. The van der Waals surface area contributed by atoms with Crippen LogP contribution in [-0.2, 0) is 9.53 Å². The fraction of sp³-hybridized carbons (Fsp3) is 0.500. The first kappa shape index (κ1) is 14.3. The summed E-state index contributed by atoms with van der Waals surface area (Å²) >= 11 is 3.47. The van der Waals surface area contributed by atoms with Crippen molar-refractivity contribution in [2.45, 2.75) is 19.9 Å². The second kappa shape index (κ2) is 6.39. The monoisotopic (exact) mass is 326 g/mol. The van der Waals surface area contributed by atoms with Gasteiger partial charge in [0.2, 0.25) is 5.91 Å². The third-order valence-corrected chi connectivity index (χ3v) is 4.12. The molecule has 1 saturated heterocycles. The van der Waals surface area contributed by atoms with Gasteiger partial charge in [-0.15, -0.1) is 0 Å². The Bertz CT molecular complexity index is 459. The molecule has 1 amide bonds. The first-order valence-electron chi connectivity index (χ1n) is 6.47. The van der Waals surface area contributed by atoms with Gasteiger partial charge >= 0.3 is 0 Å². The van der Waals surface area contributed by atoms with Crippen LogP contribution in [0.3, 0.4) is 0 Å². The number of carbonyl (C=O) groups excluding carboxylic acids is 1. The summed E-state index contributed by atoms with van der Waals surface area (Å²) in [4.78, 5) is 14.1. The van der Waals surface area contributed by atoms with E-state index in [9.17, 15) is 4.79 Å². The average Bonchev–Trinajstić information content (AvgIpc) is 2.43. The zero-order chi connectivity index (χ0) is 13.8. The van der Waals surface area contributed by atoms with Crippen LogP contribution in [0.2, 0.25) is 0 Å². The molecule has 1 N–H and O–H groups in total. The van der Waals surface area contributed by atoms with Gasteiger partial charge in [0.25, 0.3) is 0 Å². The van der Waals surface area contributed by atoms with Gasteiger partial charge in [-0.05, 0) is 37.6 Å². The Morgan fingerprint density at radius 2 is 2.11 bits per heavy atom. The molecule has 19 heavy (non-hydrogen) atoms. The van der Waals surface area contributed by atoms with Crippen LogP contribution < -0.4 is 5.32 Å². The van der Waals surface area contributed by atoms with Gasteiger partial charge in [0.15, 0.2) is 0 Å². The summed E-state index contributed by atoms with van der Waals surface area (Å²) < 4.78 is 6.33. The number of morpholine rings is 1. The second-order valence-corrected chi connectivity index (χ2v) is 5.62. The van der Waals surface area contributed by atoms with E-state index in [0.717, 1.165) is 15.7 Å². The molecule has 0 radical (unpaired) electrons. The SMILES string of the molecule is Cc1cc(NC(C)C(=O)N2CCOCC2)ccc1Br. The predicted molar refractivity (Wildman–Crippen MR) is 79.4 cm³/mol. The number of aryl methyl sites for hydroxylation is 1. The number of amides is 1. The molecule has 1 unspecified atom stereocenters. The van der Waals surface area contributed by atoms with Gasteiger partial charge in [-0.3, -0.25) is 4.79 Å². The van der Waals surface area contributed by atoms with Crippen LogP contribution in [0, 0.1) is 6.92 Å². The van der Waals surface area contributed by atoms with Crippen molar-refractivity contribution in [3.63, 3.8) is 0 Å². The number of nitrogens with zero attached hydrogens (tertiary/aromatic N) is 1. The predicted octanol–water partition coefficient (Wildman–Crippen LogP) is 2.42. The molecular formula is C14H19BrN2O2. The van der Waals surface area contributed by atoms with Gasteiger partial charge in [-0.2, -0.15) is 0 Å². The fourth-order valence-corrected chi connectivity index (χ4v) is 2.35. The molecule has 0 aromatic heterocycles. The van der Waals surface area contributed by atoms with Gasteiger partial charge < -0.3 is 15.0 Å². The van der Waals surface area contributed by atoms with Gasteiger partial charge in [0.1, 0.15) is 6.04 Å². The highest BCUT2D eigenvalue weighted by atomic mass is 79.9. The Hall–Kier alpha value is -1.07. The molecule has 1 aromatic rings. The lowest BCUT2D eigenvalue weighted by Gasteiger charge is -2.29. The third-order valence-electron chi connectivity index (χ3n) is 3.23. The zero-order valence-electron chi connectivity index (χ0n) is 11.3. The van der Waals surface area contributed by atoms with Gasteiger partial charge in [-0.1, -0.05) is 15.9 Å². The van der Waals surface area contributed by atoms with E-state index in [1.807, 2.05) is 36.9 Å². The lowest BCUT2D eigenvalue weighted by atomic mass is 10.2. The molecule has 0 bridgehead atoms. The van der Waals surface area contributed by atoms with Crippen LogP contribution in [-0.4, -0.2) is 43.2 Å². The summed E-state index contributed by atoms with van der Waals surface area (Å²) in [7, 11) is 0. The summed E-state index contributed by atoms with van der Waals surface area (Å²) in [6, 6.07) is 5.77. The van der Waals surface area contributed by atoms with E-state index >= 15 is 0 Å². The number of hydrogen-bond donors (Lipinski definition) is 1. The molecule has 1 aliphatic rings. The molecule has 1 aromatic carbocycles. The molecule has 1 aliphatic heterocycles. The number of ether oxygens (including phenoxy) is 1. The van der Waals surface area contributed by atoms with Crippen LogP contribution in [0.5, 0.6) is 0 Å². The summed E-state index contributed by atoms with van der Waals surface area (Å²) in [6.07, 6.45) is 0. The summed E-state index contributed by atoms with van der Waals surface area (Å²) in [6.45, 7) is 6.57. The van der Waals surface area contributed by atoms with Crippen molar-refractivity contribution in [3.05, 3.63) is 28.2 Å². The van der Waals surface area contributed by atoms with E-state index in [2.05, 4.69) is 21.2 Å². The van der Waals surface area contributed by atoms with Crippen molar-refractivity contribution < 1.29 is 9.53 Å². The van der Waals surface area contributed by atoms with E-state index in [-0.39, 0.29) is 11.9 Å². The van der Waals surface area contributed by atoms with Crippen LogP contribution in [0.15, 0.2) is 22.7 Å². The molecule has 0 spiro atoms. The van der Waals surface area contributed by atoms with Crippen LogP contribution in [0.25, 0.3) is 0 Å². The molecule has 0 aliphatic carbocycles. The Kier molecular flexibility index (Phi) is 4.82. The van der Waals surface area contributed by atoms with Gasteiger partial charge in [0, 0.05) is 23.2 Å². The van der Waals surface area contributed by atoms with Crippen molar-refractivity contribution in [1.29, 1.82) is 0 Å². The minimum Gasteiger partial charge on any atom is -0.378 e. The highest BCUT2D eigenvalue weighted by Gasteiger charge is 2.22. The summed E-state index contributed by atoms with van der Waals surface area (Å²) in [5.41, 5.74) is 2.12. The highest BCUT2D eigenvalue weighted by Crippen LogP contribution is 2.20. The maximum Gasteiger partial charge on any atom is 0.244 e. The Balaban J connectivity index is 1.97. The standard InChI is InChI=1S/C14H19BrN2O2/c1-10-9-12(3-4-13(10)15)16-11(2)14(18)17-5-7-19-8-6-17/h3-4,9,11,16H,5-8H2,1-2H3. The zero-order valence-corrected chi connectivity index (χ0v) is 12.9. The average molecular weight is 327 g/mol. The lowest BCUT2D eigenvalue weighted by Crippen LogP contribution is -2.46. The first-order valence-corrected chi connectivity index (χ1v) is 7.26. The summed E-state index contributed by atoms with van der Waals surface area (Å²) in [5.74, 6) is 0.129. The van der Waals surface area contributed by atoms with Gasteiger partial charge in [-0.25, -0.2) is 0 Å². The number of anilines is 1. The van der Waals surface area contributed by atoms with Crippen LogP contribution in [0.4, 0.5) is 5.69 Å². The number of carbonyl (C=O) groups is 1. The Morgan fingerprint density at radius 3 is 2.74 bits per heavy atom. The van der Waals surface area contributed by atoms with E-state index < -0.39 is 0 Å². The molecule has 2 rings (SSSR count). The van der Waals surface area contributed by atoms with E-state index in [1.54, 1.807) is 0 Å². The topological polar surface area (TPSA) is 41.6 Å². The van der Waals surface area contributed by atoms with Crippen molar-refractivity contribution in [2.75, 3.05) is 31.6 Å². The maximum absolute atomic E-state index is 12.3. The number of nitrogens with one attached hydrogen (secondary N) is 1. The van der Waals surface area contributed by atoms with Crippen LogP contribution >= 0.6 is 15.9 Å². The van der Waals surface area contributed by atoms with E-state index in [4.69, 9.17) is 4.74 Å². The van der Waals surface area contributed by atoms with E-state index in [1.165, 1.54) is 0 Å². The molecular weight excluding hydrogens is 308 g/mol. The molecule has 4 nitrogen and oxygen atoms in total. The fourth-order valence-electron chi connectivity index (χ4n) is 2.10. The molecule has 1 atom stereocenters. The Labute approximate surface area is 122 Å². The van der Waals surface area contributed by atoms with Crippen molar-refractivity contribution in [3.8, 4) is 0 Å². The molecule has 0 saturated carbocycles. The third kappa shape index (κ3) is 3.70. The Morgan fingerprint density at radius 1 is 1.42 bits per heavy atom. The minimum absolute atomic E-state index is 0.129.